The van der Waals surface area contributed by atoms with Gasteiger partial charge in [0, 0.05) is 41.3 Å². The molecule has 0 amide bonds. The lowest BCUT2D eigenvalue weighted by Crippen LogP contribution is -2.11. The molecule has 0 aliphatic rings. The standard InChI is InChI=1S/C16H16N8S/c1-10-7-11(2)23-8-13(20-15(23)19-10)9-25-16-22-21-14(24(16)17)12-3-5-18-6-4-12/h3-8H,9,17H2,1-2H3. The van der Waals surface area contributed by atoms with Crippen LogP contribution < -0.4 is 5.84 Å². The van der Waals surface area contributed by atoms with Crippen LogP contribution in [0.1, 0.15) is 17.1 Å². The second kappa shape index (κ2) is 6.17. The molecule has 0 aliphatic carbocycles. The van der Waals surface area contributed by atoms with E-state index in [0.29, 0.717) is 22.5 Å². The molecule has 0 spiro atoms. The lowest BCUT2D eigenvalue weighted by molar-refractivity contribution is 0.849. The molecule has 126 valence electrons. The maximum absolute atomic E-state index is 6.13. The molecular weight excluding hydrogens is 336 g/mol. The van der Waals surface area contributed by atoms with Crippen molar-refractivity contribution in [2.24, 2.45) is 0 Å². The van der Waals surface area contributed by atoms with E-state index in [0.717, 1.165) is 22.6 Å². The van der Waals surface area contributed by atoms with Gasteiger partial charge in [-0.3, -0.25) is 9.38 Å². The molecule has 4 heterocycles. The number of nitrogens with zero attached hydrogens (tertiary/aromatic N) is 7. The Kier molecular flexibility index (Phi) is 3.85. The number of imidazole rings is 1. The largest absolute Gasteiger partial charge is 0.335 e. The SMILES string of the molecule is Cc1cc(C)n2cc(CSc3nnc(-c4ccncc4)n3N)nc2n1. The number of aromatic nitrogens is 7. The fourth-order valence-corrected chi connectivity index (χ4v) is 3.34. The molecule has 4 aromatic rings. The summed E-state index contributed by atoms with van der Waals surface area (Å²) in [6, 6.07) is 5.73. The van der Waals surface area contributed by atoms with Crippen molar-refractivity contribution >= 4 is 17.5 Å². The first kappa shape index (κ1) is 15.6. The van der Waals surface area contributed by atoms with Gasteiger partial charge in [0.05, 0.1) is 5.69 Å². The minimum atomic E-state index is 0.605. The van der Waals surface area contributed by atoms with Crippen molar-refractivity contribution in [3.05, 3.63) is 53.9 Å². The molecule has 0 aliphatic heterocycles. The van der Waals surface area contributed by atoms with Crippen LogP contribution in [0.4, 0.5) is 0 Å². The number of pyridine rings is 1. The second-order valence-electron chi connectivity index (χ2n) is 5.64. The highest BCUT2D eigenvalue weighted by Crippen LogP contribution is 2.24. The van der Waals surface area contributed by atoms with Crippen LogP contribution in [0.3, 0.4) is 0 Å². The minimum absolute atomic E-state index is 0.605. The Morgan fingerprint density at radius 2 is 1.92 bits per heavy atom. The van der Waals surface area contributed by atoms with Crippen LogP contribution in [0.5, 0.6) is 0 Å². The first-order valence-electron chi connectivity index (χ1n) is 7.68. The zero-order valence-corrected chi connectivity index (χ0v) is 14.6. The van der Waals surface area contributed by atoms with E-state index in [1.165, 1.54) is 16.4 Å². The van der Waals surface area contributed by atoms with Crippen LogP contribution in [0.25, 0.3) is 17.2 Å². The smallest absolute Gasteiger partial charge is 0.234 e. The lowest BCUT2D eigenvalue weighted by Gasteiger charge is -2.02. The number of fused-ring (bicyclic) bond motifs is 1. The van der Waals surface area contributed by atoms with E-state index in [4.69, 9.17) is 5.84 Å². The number of nitrogen functional groups attached to an aromatic ring is 1. The zero-order valence-electron chi connectivity index (χ0n) is 13.8. The van der Waals surface area contributed by atoms with Gasteiger partial charge in [0.15, 0.2) is 5.82 Å². The third kappa shape index (κ3) is 2.93. The summed E-state index contributed by atoms with van der Waals surface area (Å²) in [7, 11) is 0. The normalized spacial score (nSPS) is 11.3. The van der Waals surface area contributed by atoms with E-state index < -0.39 is 0 Å². The molecule has 9 heteroatoms. The molecule has 0 unspecified atom stereocenters. The molecule has 4 aromatic heterocycles. The molecule has 0 saturated heterocycles. The summed E-state index contributed by atoms with van der Waals surface area (Å²) in [5.74, 6) is 8.08. The van der Waals surface area contributed by atoms with Crippen molar-refractivity contribution < 1.29 is 0 Å². The molecular formula is C16H16N8S. The van der Waals surface area contributed by atoms with E-state index in [1.807, 2.05) is 42.6 Å². The molecule has 8 nitrogen and oxygen atoms in total. The minimum Gasteiger partial charge on any atom is -0.335 e. The van der Waals surface area contributed by atoms with Gasteiger partial charge in [0.25, 0.3) is 0 Å². The first-order chi connectivity index (χ1) is 12.1. The lowest BCUT2D eigenvalue weighted by atomic mass is 10.2. The van der Waals surface area contributed by atoms with Crippen molar-refractivity contribution in [3.8, 4) is 11.4 Å². The van der Waals surface area contributed by atoms with Gasteiger partial charge in [0.1, 0.15) is 0 Å². The number of thioether (sulfide) groups is 1. The topological polar surface area (TPSA) is 99.8 Å². The number of hydrogen-bond donors (Lipinski definition) is 1. The van der Waals surface area contributed by atoms with Gasteiger partial charge in [-0.15, -0.1) is 10.2 Å². The van der Waals surface area contributed by atoms with Gasteiger partial charge < -0.3 is 5.84 Å². The van der Waals surface area contributed by atoms with Crippen molar-refractivity contribution in [1.82, 2.24) is 34.2 Å². The number of hydrogen-bond acceptors (Lipinski definition) is 7. The summed E-state index contributed by atoms with van der Waals surface area (Å²) in [5.41, 5.74) is 3.85. The fourth-order valence-electron chi connectivity index (χ4n) is 2.60. The van der Waals surface area contributed by atoms with Crippen molar-refractivity contribution in [3.63, 3.8) is 0 Å². The number of nitrogens with two attached hydrogens (primary N) is 1. The highest BCUT2D eigenvalue weighted by atomic mass is 32.2. The Balaban J connectivity index is 1.56. The molecule has 2 N–H and O–H groups in total. The van der Waals surface area contributed by atoms with Gasteiger partial charge in [-0.1, -0.05) is 11.8 Å². The molecule has 0 aromatic carbocycles. The summed E-state index contributed by atoms with van der Waals surface area (Å²) in [5, 5.41) is 8.97. The van der Waals surface area contributed by atoms with Crippen LogP contribution in [-0.4, -0.2) is 34.2 Å². The summed E-state index contributed by atoms with van der Waals surface area (Å²) in [6.45, 7) is 4.01. The molecule has 0 radical (unpaired) electrons. The molecule has 0 bridgehead atoms. The van der Waals surface area contributed by atoms with Crippen LogP contribution in [-0.2, 0) is 5.75 Å². The Hall–Kier alpha value is -2.94. The third-order valence-electron chi connectivity index (χ3n) is 3.76. The average Bonchev–Trinajstić information content (AvgIpc) is 3.17. The molecule has 0 atom stereocenters. The molecule has 4 rings (SSSR count). The van der Waals surface area contributed by atoms with Crippen LogP contribution in [0, 0.1) is 13.8 Å². The Morgan fingerprint density at radius 1 is 1.12 bits per heavy atom. The zero-order chi connectivity index (χ0) is 17.4. The van der Waals surface area contributed by atoms with Crippen LogP contribution >= 0.6 is 11.8 Å². The van der Waals surface area contributed by atoms with Gasteiger partial charge in [0.2, 0.25) is 10.9 Å². The molecule has 0 fully saturated rings. The highest BCUT2D eigenvalue weighted by molar-refractivity contribution is 7.98. The van der Waals surface area contributed by atoms with Gasteiger partial charge in [-0.2, -0.15) is 0 Å². The third-order valence-corrected chi connectivity index (χ3v) is 4.74. The summed E-state index contributed by atoms with van der Waals surface area (Å²) in [4.78, 5) is 13.0. The van der Waals surface area contributed by atoms with Crippen LogP contribution in [0.2, 0.25) is 0 Å². The number of rotatable bonds is 4. The summed E-state index contributed by atoms with van der Waals surface area (Å²) < 4.78 is 3.47. The maximum atomic E-state index is 6.13. The predicted octanol–water partition coefficient (Wildman–Crippen LogP) is 2.01. The van der Waals surface area contributed by atoms with E-state index in [1.54, 1.807) is 12.4 Å². The fraction of sp³-hybridized carbons (Fsp3) is 0.188. The van der Waals surface area contributed by atoms with Crippen molar-refractivity contribution in [2.75, 3.05) is 5.84 Å². The van der Waals surface area contributed by atoms with Crippen molar-refractivity contribution in [1.29, 1.82) is 0 Å². The van der Waals surface area contributed by atoms with Crippen LogP contribution in [0.15, 0.2) is 41.9 Å². The van der Waals surface area contributed by atoms with E-state index in [9.17, 15) is 0 Å². The molecule has 0 saturated carbocycles. The maximum Gasteiger partial charge on any atom is 0.234 e. The molecule has 25 heavy (non-hydrogen) atoms. The van der Waals surface area contributed by atoms with Gasteiger partial charge >= 0.3 is 0 Å². The van der Waals surface area contributed by atoms with Crippen molar-refractivity contribution in [2.45, 2.75) is 24.8 Å². The summed E-state index contributed by atoms with van der Waals surface area (Å²) >= 11 is 1.49. The van der Waals surface area contributed by atoms with E-state index in [2.05, 4.69) is 25.1 Å². The Labute approximate surface area is 148 Å². The summed E-state index contributed by atoms with van der Waals surface area (Å²) in [6.07, 6.45) is 5.39. The number of aryl methyl sites for hydroxylation is 2. The Morgan fingerprint density at radius 3 is 2.72 bits per heavy atom. The van der Waals surface area contributed by atoms with Gasteiger partial charge in [-0.25, -0.2) is 14.6 Å². The van der Waals surface area contributed by atoms with Gasteiger partial charge in [-0.05, 0) is 32.0 Å². The van der Waals surface area contributed by atoms with E-state index in [-0.39, 0.29) is 0 Å². The average molecular weight is 352 g/mol. The Bertz CT molecular complexity index is 1040. The predicted molar refractivity (Wildman–Crippen MR) is 95.4 cm³/mol. The quantitative estimate of drug-likeness (QED) is 0.443. The highest BCUT2D eigenvalue weighted by Gasteiger charge is 2.13. The second-order valence-corrected chi connectivity index (χ2v) is 6.58. The van der Waals surface area contributed by atoms with E-state index >= 15 is 0 Å². The monoisotopic (exact) mass is 352 g/mol. The first-order valence-corrected chi connectivity index (χ1v) is 8.66.